The molecule has 1 aliphatic rings. The van der Waals surface area contributed by atoms with E-state index in [1.54, 1.807) is 12.1 Å². The first-order valence-electron chi connectivity index (χ1n) is 7.39. The number of hydrogen-bond acceptors (Lipinski definition) is 2. The standard InChI is InChI=1S/C16H22ClNO2/c1-2-3-11-4-7-13(8-5-11)18-15-9-6-12(17)10-14(15)16(19)20/h6,9-11,13,18H,2-5,7-8H2,1H3,(H,19,20). The molecule has 0 atom stereocenters. The molecule has 0 bridgehead atoms. The molecule has 0 amide bonds. The van der Waals surface area contributed by atoms with E-state index in [2.05, 4.69) is 12.2 Å². The SMILES string of the molecule is CCCC1CCC(Nc2ccc(Cl)cc2C(=O)O)CC1. The molecule has 1 aromatic carbocycles. The largest absolute Gasteiger partial charge is 0.478 e. The fraction of sp³-hybridized carbons (Fsp3) is 0.562. The summed E-state index contributed by atoms with van der Waals surface area (Å²) in [6, 6.07) is 5.39. The lowest BCUT2D eigenvalue weighted by Gasteiger charge is -2.30. The Balaban J connectivity index is 1.99. The van der Waals surface area contributed by atoms with Crippen molar-refractivity contribution in [2.45, 2.75) is 51.5 Å². The fourth-order valence-corrected chi connectivity index (χ4v) is 3.22. The Morgan fingerprint density at radius 3 is 2.65 bits per heavy atom. The smallest absolute Gasteiger partial charge is 0.337 e. The van der Waals surface area contributed by atoms with Crippen LogP contribution in [0.15, 0.2) is 18.2 Å². The van der Waals surface area contributed by atoms with E-state index in [0.29, 0.717) is 16.8 Å². The van der Waals surface area contributed by atoms with Crippen LogP contribution in [0.1, 0.15) is 55.8 Å². The molecule has 20 heavy (non-hydrogen) atoms. The Hall–Kier alpha value is -1.22. The zero-order valence-corrected chi connectivity index (χ0v) is 12.6. The first-order valence-corrected chi connectivity index (χ1v) is 7.77. The minimum atomic E-state index is -0.935. The van der Waals surface area contributed by atoms with Gasteiger partial charge in [-0.05, 0) is 49.8 Å². The first-order chi connectivity index (χ1) is 9.60. The van der Waals surface area contributed by atoms with Gasteiger partial charge in [-0.2, -0.15) is 0 Å². The molecule has 2 N–H and O–H groups in total. The van der Waals surface area contributed by atoms with Crippen LogP contribution in [0, 0.1) is 5.92 Å². The molecule has 1 saturated carbocycles. The zero-order valence-electron chi connectivity index (χ0n) is 11.9. The number of anilines is 1. The van der Waals surface area contributed by atoms with E-state index in [4.69, 9.17) is 11.6 Å². The maximum Gasteiger partial charge on any atom is 0.337 e. The number of carboxylic acid groups (broad SMARTS) is 1. The summed E-state index contributed by atoms with van der Waals surface area (Å²) in [4.78, 5) is 11.3. The van der Waals surface area contributed by atoms with Crippen LogP contribution in [-0.2, 0) is 0 Å². The Kier molecular flexibility index (Phi) is 5.30. The number of nitrogens with one attached hydrogen (secondary N) is 1. The van der Waals surface area contributed by atoms with Crippen molar-refractivity contribution in [3.8, 4) is 0 Å². The average molecular weight is 296 g/mol. The van der Waals surface area contributed by atoms with Gasteiger partial charge in [0, 0.05) is 16.8 Å². The number of rotatable bonds is 5. The lowest BCUT2D eigenvalue weighted by Crippen LogP contribution is -2.26. The molecule has 1 fully saturated rings. The van der Waals surface area contributed by atoms with Gasteiger partial charge in [-0.15, -0.1) is 0 Å². The van der Waals surface area contributed by atoms with Gasteiger partial charge in [0.15, 0.2) is 0 Å². The monoisotopic (exact) mass is 295 g/mol. The molecule has 0 saturated heterocycles. The lowest BCUT2D eigenvalue weighted by molar-refractivity contribution is 0.0698. The van der Waals surface area contributed by atoms with Gasteiger partial charge in [0.05, 0.1) is 5.56 Å². The molecule has 0 radical (unpaired) electrons. The minimum Gasteiger partial charge on any atom is -0.478 e. The van der Waals surface area contributed by atoms with Crippen molar-refractivity contribution in [3.63, 3.8) is 0 Å². The third-order valence-corrected chi connectivity index (χ3v) is 4.35. The normalized spacial score (nSPS) is 22.5. The predicted molar refractivity (Wildman–Crippen MR) is 82.7 cm³/mol. The summed E-state index contributed by atoms with van der Waals surface area (Å²) in [6.07, 6.45) is 7.28. The summed E-state index contributed by atoms with van der Waals surface area (Å²) in [6.45, 7) is 2.23. The van der Waals surface area contributed by atoms with Crippen molar-refractivity contribution in [3.05, 3.63) is 28.8 Å². The van der Waals surface area contributed by atoms with Gasteiger partial charge in [0.25, 0.3) is 0 Å². The van der Waals surface area contributed by atoms with Crippen LogP contribution < -0.4 is 5.32 Å². The van der Waals surface area contributed by atoms with Crippen LogP contribution >= 0.6 is 11.6 Å². The van der Waals surface area contributed by atoms with E-state index in [1.807, 2.05) is 0 Å². The molecule has 110 valence electrons. The second kappa shape index (κ2) is 6.98. The Morgan fingerprint density at radius 2 is 2.05 bits per heavy atom. The molecular formula is C16H22ClNO2. The van der Waals surface area contributed by atoms with Crippen molar-refractivity contribution in [2.24, 2.45) is 5.92 Å². The van der Waals surface area contributed by atoms with Crippen LogP contribution in [0.5, 0.6) is 0 Å². The van der Waals surface area contributed by atoms with Crippen molar-refractivity contribution in [1.82, 2.24) is 0 Å². The summed E-state index contributed by atoms with van der Waals surface area (Å²) >= 11 is 5.87. The average Bonchev–Trinajstić information content (AvgIpc) is 2.43. The molecule has 1 aliphatic carbocycles. The van der Waals surface area contributed by atoms with Gasteiger partial charge in [-0.1, -0.05) is 31.4 Å². The van der Waals surface area contributed by atoms with Gasteiger partial charge in [0.2, 0.25) is 0 Å². The molecular weight excluding hydrogens is 274 g/mol. The number of aromatic carboxylic acids is 1. The number of benzene rings is 1. The molecule has 0 aromatic heterocycles. The highest BCUT2D eigenvalue weighted by molar-refractivity contribution is 6.31. The number of halogens is 1. The van der Waals surface area contributed by atoms with Gasteiger partial charge < -0.3 is 10.4 Å². The molecule has 4 heteroatoms. The van der Waals surface area contributed by atoms with Crippen LogP contribution in [-0.4, -0.2) is 17.1 Å². The zero-order chi connectivity index (χ0) is 14.5. The molecule has 0 unspecified atom stereocenters. The highest BCUT2D eigenvalue weighted by Crippen LogP contribution is 2.30. The van der Waals surface area contributed by atoms with Crippen molar-refractivity contribution in [2.75, 3.05) is 5.32 Å². The lowest BCUT2D eigenvalue weighted by atomic mass is 9.83. The molecule has 0 aliphatic heterocycles. The third kappa shape index (κ3) is 3.89. The summed E-state index contributed by atoms with van der Waals surface area (Å²) in [5.74, 6) is -0.0862. The van der Waals surface area contributed by atoms with Crippen LogP contribution in [0.4, 0.5) is 5.69 Å². The molecule has 3 nitrogen and oxygen atoms in total. The minimum absolute atomic E-state index is 0.258. The van der Waals surface area contributed by atoms with E-state index in [1.165, 1.54) is 31.7 Å². The quantitative estimate of drug-likeness (QED) is 0.819. The second-order valence-electron chi connectivity index (χ2n) is 5.65. The van der Waals surface area contributed by atoms with Crippen LogP contribution in [0.2, 0.25) is 5.02 Å². The summed E-state index contributed by atoms with van der Waals surface area (Å²) in [5.41, 5.74) is 0.939. The van der Waals surface area contributed by atoms with Crippen molar-refractivity contribution in [1.29, 1.82) is 0 Å². The van der Waals surface area contributed by atoms with Crippen molar-refractivity contribution < 1.29 is 9.90 Å². The Morgan fingerprint density at radius 1 is 1.35 bits per heavy atom. The highest BCUT2D eigenvalue weighted by atomic mass is 35.5. The van der Waals surface area contributed by atoms with E-state index in [9.17, 15) is 9.90 Å². The summed E-state index contributed by atoms with van der Waals surface area (Å²) in [7, 11) is 0. The van der Waals surface area contributed by atoms with Gasteiger partial charge in [0.1, 0.15) is 0 Å². The number of carboxylic acids is 1. The van der Waals surface area contributed by atoms with Gasteiger partial charge in [-0.3, -0.25) is 0 Å². The first kappa shape index (κ1) is 15.2. The number of carbonyl (C=O) groups is 1. The molecule has 0 spiro atoms. The molecule has 1 aromatic rings. The fourth-order valence-electron chi connectivity index (χ4n) is 3.04. The Bertz CT molecular complexity index is 468. The summed E-state index contributed by atoms with van der Waals surface area (Å²) in [5, 5.41) is 13.1. The predicted octanol–water partition coefficient (Wildman–Crippen LogP) is 4.81. The van der Waals surface area contributed by atoms with E-state index >= 15 is 0 Å². The second-order valence-corrected chi connectivity index (χ2v) is 6.08. The van der Waals surface area contributed by atoms with E-state index in [-0.39, 0.29) is 5.56 Å². The van der Waals surface area contributed by atoms with E-state index in [0.717, 1.165) is 18.8 Å². The number of hydrogen-bond donors (Lipinski definition) is 2. The third-order valence-electron chi connectivity index (χ3n) is 4.12. The van der Waals surface area contributed by atoms with Crippen LogP contribution in [0.3, 0.4) is 0 Å². The van der Waals surface area contributed by atoms with Gasteiger partial charge >= 0.3 is 5.97 Å². The maximum atomic E-state index is 11.3. The highest BCUT2D eigenvalue weighted by Gasteiger charge is 2.21. The van der Waals surface area contributed by atoms with Crippen molar-refractivity contribution >= 4 is 23.3 Å². The van der Waals surface area contributed by atoms with Gasteiger partial charge in [-0.25, -0.2) is 4.79 Å². The Labute approximate surface area is 125 Å². The molecule has 2 rings (SSSR count). The van der Waals surface area contributed by atoms with E-state index < -0.39 is 5.97 Å². The topological polar surface area (TPSA) is 49.3 Å². The molecule has 0 heterocycles. The summed E-state index contributed by atoms with van der Waals surface area (Å²) < 4.78 is 0. The maximum absolute atomic E-state index is 11.3. The van der Waals surface area contributed by atoms with Crippen LogP contribution in [0.25, 0.3) is 0 Å².